The van der Waals surface area contributed by atoms with Crippen molar-refractivity contribution in [3.05, 3.63) is 0 Å². The van der Waals surface area contributed by atoms with E-state index >= 15 is 0 Å². The molecule has 1 saturated heterocycles. The molecule has 1 aliphatic rings. The van der Waals surface area contributed by atoms with E-state index in [0.717, 1.165) is 32.4 Å². The largest absolute Gasteiger partial charge is 0.466 e. The zero-order chi connectivity index (χ0) is 12.7. The Morgan fingerprint density at radius 3 is 2.94 bits per heavy atom. The van der Waals surface area contributed by atoms with Gasteiger partial charge in [-0.3, -0.25) is 9.69 Å². The molecule has 1 rings (SSSR count). The zero-order valence-corrected chi connectivity index (χ0v) is 10.8. The third-order valence-corrected chi connectivity index (χ3v) is 3.39. The Hall–Kier alpha value is -1.08. The molecule has 0 spiro atoms. The smallest absolute Gasteiger partial charge is 0.310 e. The molecule has 96 valence electrons. The molecule has 0 amide bonds. The number of ether oxygens (including phenoxy) is 1. The van der Waals surface area contributed by atoms with E-state index in [9.17, 15) is 4.79 Å². The third kappa shape index (κ3) is 4.01. The fourth-order valence-electron chi connectivity index (χ4n) is 2.43. The van der Waals surface area contributed by atoms with Crippen LogP contribution in [0.2, 0.25) is 0 Å². The van der Waals surface area contributed by atoms with Gasteiger partial charge in [-0.25, -0.2) is 0 Å². The standard InChI is InChI=1S/C13H22N2O2/c1-3-12(7-8-14)15-9-5-6-11(10-15)13(16)17-4-2/h11-12H,3-7,9-10H2,1-2H3/t11-,12?/m0/s1. The van der Waals surface area contributed by atoms with Crippen LogP contribution < -0.4 is 0 Å². The molecule has 2 atom stereocenters. The summed E-state index contributed by atoms with van der Waals surface area (Å²) in [4.78, 5) is 14.0. The van der Waals surface area contributed by atoms with Crippen LogP contribution in [0, 0.1) is 17.2 Å². The van der Waals surface area contributed by atoms with E-state index in [-0.39, 0.29) is 17.9 Å². The number of esters is 1. The molecule has 0 radical (unpaired) electrons. The highest BCUT2D eigenvalue weighted by Gasteiger charge is 2.29. The molecule has 4 nitrogen and oxygen atoms in total. The van der Waals surface area contributed by atoms with Gasteiger partial charge in [-0.2, -0.15) is 5.26 Å². The number of hydrogen-bond donors (Lipinski definition) is 0. The molecule has 0 bridgehead atoms. The van der Waals surface area contributed by atoms with Gasteiger partial charge in [0, 0.05) is 12.6 Å². The van der Waals surface area contributed by atoms with E-state index in [1.165, 1.54) is 0 Å². The van der Waals surface area contributed by atoms with E-state index < -0.39 is 0 Å². The van der Waals surface area contributed by atoms with Gasteiger partial charge < -0.3 is 4.74 Å². The van der Waals surface area contributed by atoms with Crippen molar-refractivity contribution in [3.8, 4) is 6.07 Å². The van der Waals surface area contributed by atoms with Crippen molar-refractivity contribution < 1.29 is 9.53 Å². The summed E-state index contributed by atoms with van der Waals surface area (Å²) in [5.41, 5.74) is 0. The fourth-order valence-corrected chi connectivity index (χ4v) is 2.43. The van der Waals surface area contributed by atoms with E-state index in [1.807, 2.05) is 6.92 Å². The average Bonchev–Trinajstić information content (AvgIpc) is 2.36. The maximum atomic E-state index is 11.7. The summed E-state index contributed by atoms with van der Waals surface area (Å²) in [6, 6.07) is 2.52. The van der Waals surface area contributed by atoms with Crippen LogP contribution in [0.5, 0.6) is 0 Å². The Bertz CT molecular complexity index is 286. The summed E-state index contributed by atoms with van der Waals surface area (Å²) in [7, 11) is 0. The number of piperidine rings is 1. The minimum Gasteiger partial charge on any atom is -0.466 e. The summed E-state index contributed by atoms with van der Waals surface area (Å²) < 4.78 is 5.07. The van der Waals surface area contributed by atoms with Gasteiger partial charge in [0.25, 0.3) is 0 Å². The van der Waals surface area contributed by atoms with Gasteiger partial charge in [0.05, 0.1) is 25.0 Å². The molecule has 0 aromatic heterocycles. The maximum absolute atomic E-state index is 11.7. The molecule has 1 heterocycles. The second-order valence-electron chi connectivity index (χ2n) is 4.51. The van der Waals surface area contributed by atoms with Crippen LogP contribution in [0.15, 0.2) is 0 Å². The Kier molecular flexibility index (Phi) is 5.99. The highest BCUT2D eigenvalue weighted by atomic mass is 16.5. The first-order valence-electron chi connectivity index (χ1n) is 6.50. The first kappa shape index (κ1) is 14.0. The van der Waals surface area contributed by atoms with Crippen molar-refractivity contribution in [2.24, 2.45) is 5.92 Å². The van der Waals surface area contributed by atoms with Crippen LogP contribution >= 0.6 is 0 Å². The second kappa shape index (κ2) is 7.29. The Labute approximate surface area is 104 Å². The highest BCUT2D eigenvalue weighted by molar-refractivity contribution is 5.72. The molecular formula is C13H22N2O2. The summed E-state index contributed by atoms with van der Waals surface area (Å²) in [5.74, 6) is -0.0829. The van der Waals surface area contributed by atoms with Crippen molar-refractivity contribution in [1.82, 2.24) is 4.90 Å². The lowest BCUT2D eigenvalue weighted by atomic mass is 9.95. The van der Waals surface area contributed by atoms with Gasteiger partial charge >= 0.3 is 5.97 Å². The average molecular weight is 238 g/mol. The van der Waals surface area contributed by atoms with Gasteiger partial charge in [0.15, 0.2) is 0 Å². The normalized spacial score (nSPS) is 22.8. The number of nitrogens with zero attached hydrogens (tertiary/aromatic N) is 2. The van der Waals surface area contributed by atoms with Crippen molar-refractivity contribution in [2.45, 2.75) is 45.6 Å². The number of nitriles is 1. The topological polar surface area (TPSA) is 53.3 Å². The van der Waals surface area contributed by atoms with E-state index in [0.29, 0.717) is 13.0 Å². The molecule has 1 aliphatic heterocycles. The Balaban J connectivity index is 2.53. The molecule has 0 aromatic rings. The number of carbonyl (C=O) groups is 1. The molecule has 0 aliphatic carbocycles. The highest BCUT2D eigenvalue weighted by Crippen LogP contribution is 2.22. The first-order valence-corrected chi connectivity index (χ1v) is 6.50. The molecule has 1 unspecified atom stereocenters. The number of hydrogen-bond acceptors (Lipinski definition) is 4. The molecular weight excluding hydrogens is 216 g/mol. The lowest BCUT2D eigenvalue weighted by Gasteiger charge is -2.36. The number of carbonyl (C=O) groups excluding carboxylic acids is 1. The predicted molar refractivity (Wildman–Crippen MR) is 65.2 cm³/mol. The van der Waals surface area contributed by atoms with Crippen LogP contribution in [0.1, 0.15) is 39.5 Å². The van der Waals surface area contributed by atoms with Crippen LogP contribution in [-0.4, -0.2) is 36.6 Å². The van der Waals surface area contributed by atoms with Crippen LogP contribution in [0.25, 0.3) is 0 Å². The quantitative estimate of drug-likeness (QED) is 0.687. The zero-order valence-electron chi connectivity index (χ0n) is 10.8. The second-order valence-corrected chi connectivity index (χ2v) is 4.51. The molecule has 1 fully saturated rings. The number of likely N-dealkylation sites (tertiary alicyclic amines) is 1. The molecule has 4 heteroatoms. The molecule has 17 heavy (non-hydrogen) atoms. The predicted octanol–water partition coefficient (Wildman–Crippen LogP) is 1.95. The van der Waals surface area contributed by atoms with Crippen LogP contribution in [0.4, 0.5) is 0 Å². The van der Waals surface area contributed by atoms with Gasteiger partial charge in [-0.05, 0) is 32.7 Å². The lowest BCUT2D eigenvalue weighted by Crippen LogP contribution is -2.44. The van der Waals surface area contributed by atoms with E-state index in [2.05, 4.69) is 17.9 Å². The van der Waals surface area contributed by atoms with Gasteiger partial charge in [-0.15, -0.1) is 0 Å². The summed E-state index contributed by atoms with van der Waals surface area (Å²) in [6.45, 7) is 6.12. The molecule has 0 saturated carbocycles. The van der Waals surface area contributed by atoms with Crippen molar-refractivity contribution in [3.63, 3.8) is 0 Å². The Morgan fingerprint density at radius 2 is 2.35 bits per heavy atom. The molecule has 0 aromatic carbocycles. The summed E-state index contributed by atoms with van der Waals surface area (Å²) >= 11 is 0. The summed E-state index contributed by atoms with van der Waals surface area (Å²) in [6.07, 6.45) is 3.44. The third-order valence-electron chi connectivity index (χ3n) is 3.39. The van der Waals surface area contributed by atoms with E-state index in [1.54, 1.807) is 0 Å². The van der Waals surface area contributed by atoms with Crippen molar-refractivity contribution in [2.75, 3.05) is 19.7 Å². The van der Waals surface area contributed by atoms with E-state index in [4.69, 9.17) is 10.00 Å². The van der Waals surface area contributed by atoms with Crippen molar-refractivity contribution >= 4 is 5.97 Å². The van der Waals surface area contributed by atoms with Crippen LogP contribution in [-0.2, 0) is 9.53 Å². The van der Waals surface area contributed by atoms with Gasteiger partial charge in [0.2, 0.25) is 0 Å². The lowest BCUT2D eigenvalue weighted by molar-refractivity contribution is -0.150. The number of rotatable bonds is 5. The summed E-state index contributed by atoms with van der Waals surface area (Å²) in [5, 5.41) is 8.79. The molecule has 0 N–H and O–H groups in total. The SMILES string of the molecule is CCOC(=O)[C@H]1CCCN(C(CC)CC#N)C1. The minimum absolute atomic E-state index is 0.00329. The van der Waals surface area contributed by atoms with Crippen molar-refractivity contribution in [1.29, 1.82) is 5.26 Å². The van der Waals surface area contributed by atoms with Crippen LogP contribution in [0.3, 0.4) is 0 Å². The first-order chi connectivity index (χ1) is 8.22. The maximum Gasteiger partial charge on any atom is 0.310 e. The van der Waals surface area contributed by atoms with Gasteiger partial charge in [0.1, 0.15) is 0 Å². The minimum atomic E-state index is -0.0796. The Morgan fingerprint density at radius 1 is 1.59 bits per heavy atom. The fraction of sp³-hybridized carbons (Fsp3) is 0.846. The monoisotopic (exact) mass is 238 g/mol. The van der Waals surface area contributed by atoms with Gasteiger partial charge in [-0.1, -0.05) is 6.92 Å².